The summed E-state index contributed by atoms with van der Waals surface area (Å²) in [6.45, 7) is 1.51. The summed E-state index contributed by atoms with van der Waals surface area (Å²) in [5.41, 5.74) is 1.65. The molecule has 0 aliphatic heterocycles. The Morgan fingerprint density at radius 3 is 2.25 bits per heavy atom. The lowest BCUT2D eigenvalue weighted by atomic mass is 9.94. The highest BCUT2D eigenvalue weighted by atomic mass is 19.4. The number of amides is 1. The molecule has 0 fully saturated rings. The molecule has 1 rings (SSSR count). The number of hydrogen-bond acceptors (Lipinski definition) is 1. The Morgan fingerprint density at radius 1 is 1.31 bits per heavy atom. The molecule has 1 amide bonds. The van der Waals surface area contributed by atoms with Gasteiger partial charge in [0.05, 0.1) is 6.04 Å². The Balaban J connectivity index is 2.69. The van der Waals surface area contributed by atoms with Gasteiger partial charge in [0.15, 0.2) is 0 Å². The molecule has 0 bridgehead atoms. The number of benzene rings is 1. The van der Waals surface area contributed by atoms with Crippen molar-refractivity contribution in [1.82, 2.24) is 5.32 Å². The van der Waals surface area contributed by atoms with Gasteiger partial charge in [-0.15, -0.1) is 0 Å². The SMILES string of the molecule is Bc1ccc([C@@H](C)NC(=O)C(F)(F)F)cc1. The molecule has 1 N–H and O–H groups in total. The van der Waals surface area contributed by atoms with Crippen molar-refractivity contribution in [3.8, 4) is 0 Å². The van der Waals surface area contributed by atoms with E-state index in [2.05, 4.69) is 0 Å². The van der Waals surface area contributed by atoms with E-state index in [0.29, 0.717) is 5.56 Å². The third-order valence-electron chi connectivity index (χ3n) is 2.18. The second-order valence-electron chi connectivity index (χ2n) is 3.60. The first kappa shape index (κ1) is 12.6. The first-order valence-corrected chi connectivity index (χ1v) is 4.75. The van der Waals surface area contributed by atoms with Crippen LogP contribution in [0.15, 0.2) is 24.3 Å². The highest BCUT2D eigenvalue weighted by Crippen LogP contribution is 2.17. The Kier molecular flexibility index (Phi) is 3.62. The first-order valence-electron chi connectivity index (χ1n) is 4.75. The van der Waals surface area contributed by atoms with Gasteiger partial charge in [0.25, 0.3) is 0 Å². The van der Waals surface area contributed by atoms with Gasteiger partial charge in [0.2, 0.25) is 0 Å². The zero-order chi connectivity index (χ0) is 12.3. The highest BCUT2D eigenvalue weighted by molar-refractivity contribution is 6.32. The van der Waals surface area contributed by atoms with Crippen molar-refractivity contribution in [3.05, 3.63) is 29.8 Å². The Morgan fingerprint density at radius 2 is 1.81 bits per heavy atom. The van der Waals surface area contributed by atoms with Crippen LogP contribution in [-0.4, -0.2) is 19.9 Å². The molecule has 0 saturated carbocycles. The molecule has 0 heterocycles. The van der Waals surface area contributed by atoms with Crippen LogP contribution in [0.5, 0.6) is 0 Å². The molecule has 16 heavy (non-hydrogen) atoms. The van der Waals surface area contributed by atoms with Gasteiger partial charge in [-0.2, -0.15) is 13.2 Å². The van der Waals surface area contributed by atoms with E-state index < -0.39 is 18.1 Å². The molecule has 0 radical (unpaired) electrons. The van der Waals surface area contributed by atoms with Crippen molar-refractivity contribution in [1.29, 1.82) is 0 Å². The van der Waals surface area contributed by atoms with Gasteiger partial charge in [0, 0.05) is 0 Å². The van der Waals surface area contributed by atoms with Crippen LogP contribution in [0.4, 0.5) is 13.2 Å². The molecule has 2 nitrogen and oxygen atoms in total. The van der Waals surface area contributed by atoms with Crippen molar-refractivity contribution in [2.24, 2.45) is 0 Å². The summed E-state index contributed by atoms with van der Waals surface area (Å²) in [4.78, 5) is 10.7. The molecule has 0 saturated heterocycles. The van der Waals surface area contributed by atoms with Crippen LogP contribution in [0.2, 0.25) is 0 Å². The van der Waals surface area contributed by atoms with Crippen LogP contribution >= 0.6 is 0 Å². The van der Waals surface area contributed by atoms with Gasteiger partial charge < -0.3 is 5.32 Å². The molecule has 1 aromatic carbocycles. The Bertz CT molecular complexity index is 375. The molecule has 1 aromatic rings. The van der Waals surface area contributed by atoms with E-state index >= 15 is 0 Å². The summed E-state index contributed by atoms with van der Waals surface area (Å²) >= 11 is 0. The molecule has 0 spiro atoms. The molecular formula is C10H11BF3NO. The van der Waals surface area contributed by atoms with Crippen molar-refractivity contribution >= 4 is 19.2 Å². The lowest BCUT2D eigenvalue weighted by molar-refractivity contribution is -0.174. The summed E-state index contributed by atoms with van der Waals surface area (Å²) < 4.78 is 35.9. The van der Waals surface area contributed by atoms with E-state index in [-0.39, 0.29) is 0 Å². The van der Waals surface area contributed by atoms with E-state index in [4.69, 9.17) is 0 Å². The molecule has 0 aromatic heterocycles. The monoisotopic (exact) mass is 229 g/mol. The van der Waals surface area contributed by atoms with Crippen molar-refractivity contribution in [3.63, 3.8) is 0 Å². The summed E-state index contributed by atoms with van der Waals surface area (Å²) in [6, 6.07) is 6.29. The van der Waals surface area contributed by atoms with Gasteiger partial charge >= 0.3 is 12.1 Å². The zero-order valence-corrected chi connectivity index (χ0v) is 8.93. The number of nitrogens with one attached hydrogen (secondary N) is 1. The van der Waals surface area contributed by atoms with E-state index in [0.717, 1.165) is 5.46 Å². The molecular weight excluding hydrogens is 218 g/mol. The summed E-state index contributed by atoms with van der Waals surface area (Å²) in [5, 5.41) is 1.89. The lowest BCUT2D eigenvalue weighted by Gasteiger charge is -2.15. The normalized spacial score (nSPS) is 13.2. The number of halogens is 3. The second-order valence-corrected chi connectivity index (χ2v) is 3.60. The predicted molar refractivity (Wildman–Crippen MR) is 57.2 cm³/mol. The first-order chi connectivity index (χ1) is 7.30. The van der Waals surface area contributed by atoms with Crippen LogP contribution in [0, 0.1) is 0 Å². The minimum Gasteiger partial charge on any atom is -0.342 e. The molecule has 1 atom stereocenters. The third-order valence-corrected chi connectivity index (χ3v) is 2.18. The standard InChI is InChI=1S/C10H11BF3NO/c1-6(15-9(16)10(12,13)14)7-2-4-8(11)5-3-7/h2-6H,11H2,1H3,(H,15,16)/t6-/m1/s1. The van der Waals surface area contributed by atoms with Crippen molar-refractivity contribution < 1.29 is 18.0 Å². The number of alkyl halides is 3. The highest BCUT2D eigenvalue weighted by Gasteiger charge is 2.39. The number of rotatable bonds is 2. The molecule has 0 aliphatic rings. The van der Waals surface area contributed by atoms with Crippen molar-refractivity contribution in [2.45, 2.75) is 19.1 Å². The molecule has 0 unspecified atom stereocenters. The summed E-state index contributed by atoms with van der Waals surface area (Å²) in [6.07, 6.45) is -4.83. The van der Waals surface area contributed by atoms with E-state index in [1.807, 2.05) is 13.2 Å². The van der Waals surface area contributed by atoms with Gasteiger partial charge in [0.1, 0.15) is 7.85 Å². The van der Waals surface area contributed by atoms with Gasteiger partial charge in [-0.3, -0.25) is 4.79 Å². The molecule has 6 heteroatoms. The fourth-order valence-electron chi connectivity index (χ4n) is 1.22. The number of hydrogen-bond donors (Lipinski definition) is 1. The third kappa shape index (κ3) is 3.29. The smallest absolute Gasteiger partial charge is 0.342 e. The van der Waals surface area contributed by atoms with Crippen LogP contribution in [0.25, 0.3) is 0 Å². The van der Waals surface area contributed by atoms with Crippen LogP contribution in [0.1, 0.15) is 18.5 Å². The second kappa shape index (κ2) is 4.59. The van der Waals surface area contributed by atoms with Gasteiger partial charge in [-0.1, -0.05) is 29.7 Å². The lowest BCUT2D eigenvalue weighted by Crippen LogP contribution is -2.38. The van der Waals surface area contributed by atoms with Crippen LogP contribution in [0.3, 0.4) is 0 Å². The largest absolute Gasteiger partial charge is 0.471 e. The van der Waals surface area contributed by atoms with Crippen LogP contribution in [-0.2, 0) is 4.79 Å². The average Bonchev–Trinajstić information content (AvgIpc) is 2.17. The predicted octanol–water partition coefficient (Wildman–Crippen LogP) is 0.684. The Hall–Kier alpha value is -1.46. The van der Waals surface area contributed by atoms with Crippen molar-refractivity contribution in [2.75, 3.05) is 0 Å². The maximum absolute atomic E-state index is 12.0. The summed E-state index contributed by atoms with van der Waals surface area (Å²) in [7, 11) is 1.88. The Labute approximate surface area is 92.3 Å². The minimum absolute atomic E-state index is 0.642. The average molecular weight is 229 g/mol. The van der Waals surface area contributed by atoms with Gasteiger partial charge in [-0.05, 0) is 12.5 Å². The molecule has 0 aliphatic carbocycles. The van der Waals surface area contributed by atoms with E-state index in [9.17, 15) is 18.0 Å². The quantitative estimate of drug-likeness (QED) is 0.742. The topological polar surface area (TPSA) is 29.1 Å². The number of carbonyl (C=O) groups is 1. The van der Waals surface area contributed by atoms with Crippen LogP contribution < -0.4 is 10.8 Å². The zero-order valence-electron chi connectivity index (χ0n) is 8.93. The molecule has 86 valence electrons. The minimum atomic E-state index is -4.83. The van der Waals surface area contributed by atoms with E-state index in [1.165, 1.54) is 6.92 Å². The maximum atomic E-state index is 12.0. The fraction of sp³-hybridized carbons (Fsp3) is 0.300. The van der Waals surface area contributed by atoms with E-state index in [1.54, 1.807) is 24.3 Å². The summed E-state index contributed by atoms with van der Waals surface area (Å²) in [5.74, 6) is -1.92. The fourth-order valence-corrected chi connectivity index (χ4v) is 1.22. The number of carbonyl (C=O) groups excluding carboxylic acids is 1. The maximum Gasteiger partial charge on any atom is 0.471 e. The van der Waals surface area contributed by atoms with Gasteiger partial charge in [-0.25, -0.2) is 0 Å².